The third-order valence-electron chi connectivity index (χ3n) is 3.94. The zero-order valence-electron chi connectivity index (χ0n) is 11.3. The van der Waals surface area contributed by atoms with Crippen molar-refractivity contribution in [1.29, 1.82) is 0 Å². The molecule has 2 aliphatic heterocycles. The normalized spacial score (nSPS) is 25.5. The monoisotopic (exact) mass is 263 g/mol. The van der Waals surface area contributed by atoms with Crippen LogP contribution in [0.4, 0.5) is 0 Å². The van der Waals surface area contributed by atoms with Gasteiger partial charge in [0.25, 0.3) is 0 Å². The lowest BCUT2D eigenvalue weighted by Gasteiger charge is -2.32. The van der Waals surface area contributed by atoms with Gasteiger partial charge < -0.3 is 19.9 Å². The number of ether oxygens (including phenoxy) is 2. The highest BCUT2D eigenvalue weighted by Gasteiger charge is 2.33. The molecule has 3 rings (SSSR count). The van der Waals surface area contributed by atoms with Gasteiger partial charge in [-0.05, 0) is 18.9 Å². The van der Waals surface area contributed by atoms with Gasteiger partial charge in [0.2, 0.25) is 0 Å². The van der Waals surface area contributed by atoms with Gasteiger partial charge in [0, 0.05) is 24.6 Å². The number of fused-ring (bicyclic) bond motifs is 1. The first-order chi connectivity index (χ1) is 9.17. The largest absolute Gasteiger partial charge is 0.493 e. The molecule has 0 aliphatic carbocycles. The maximum atomic E-state index is 10.8. The van der Waals surface area contributed by atoms with E-state index < -0.39 is 5.60 Å². The Labute approximate surface area is 113 Å². The number of hydrogen-bond acceptors (Lipinski definition) is 4. The average molecular weight is 263 g/mol. The summed E-state index contributed by atoms with van der Waals surface area (Å²) in [6.45, 7) is 4.84. The van der Waals surface area contributed by atoms with Crippen LogP contribution in [-0.4, -0.2) is 37.5 Å². The van der Waals surface area contributed by atoms with Gasteiger partial charge in [-0.2, -0.15) is 0 Å². The van der Waals surface area contributed by atoms with E-state index in [1.807, 2.05) is 19.1 Å². The summed E-state index contributed by atoms with van der Waals surface area (Å²) < 4.78 is 11.1. The van der Waals surface area contributed by atoms with Crippen molar-refractivity contribution in [3.05, 3.63) is 29.3 Å². The lowest BCUT2D eigenvalue weighted by Crippen LogP contribution is -2.45. The first kappa shape index (κ1) is 12.9. The Morgan fingerprint density at radius 3 is 3.11 bits per heavy atom. The summed E-state index contributed by atoms with van der Waals surface area (Å²) in [5.74, 6) is 0.879. The molecule has 19 heavy (non-hydrogen) atoms. The second-order valence-electron chi connectivity index (χ2n) is 5.60. The topological polar surface area (TPSA) is 50.7 Å². The van der Waals surface area contributed by atoms with Crippen LogP contribution in [0.3, 0.4) is 0 Å². The summed E-state index contributed by atoms with van der Waals surface area (Å²) in [6, 6.07) is 6.24. The number of nitrogens with one attached hydrogen (secondary N) is 1. The predicted molar refractivity (Wildman–Crippen MR) is 72.4 cm³/mol. The van der Waals surface area contributed by atoms with Crippen LogP contribution < -0.4 is 10.1 Å². The molecular formula is C15H21NO3. The highest BCUT2D eigenvalue weighted by atomic mass is 16.5. The van der Waals surface area contributed by atoms with Gasteiger partial charge in [-0.15, -0.1) is 0 Å². The molecule has 0 spiro atoms. The second kappa shape index (κ2) is 5.12. The molecule has 0 amide bonds. The SMILES string of the molecule is CC(O)(CC1COCCN1)c1cccc2c1OCC2. The molecule has 1 aromatic rings. The van der Waals surface area contributed by atoms with Gasteiger partial charge in [-0.3, -0.25) is 0 Å². The number of morpholine rings is 1. The van der Waals surface area contributed by atoms with E-state index in [1.54, 1.807) is 0 Å². The van der Waals surface area contributed by atoms with Crippen LogP contribution in [0.5, 0.6) is 5.75 Å². The van der Waals surface area contributed by atoms with Gasteiger partial charge in [-0.1, -0.05) is 18.2 Å². The minimum Gasteiger partial charge on any atom is -0.493 e. The molecule has 104 valence electrons. The molecule has 4 heteroatoms. The Bertz CT molecular complexity index is 453. The van der Waals surface area contributed by atoms with E-state index in [1.165, 1.54) is 5.56 Å². The smallest absolute Gasteiger partial charge is 0.128 e. The summed E-state index contributed by atoms with van der Waals surface area (Å²) in [6.07, 6.45) is 1.57. The molecule has 2 atom stereocenters. The maximum absolute atomic E-state index is 10.8. The highest BCUT2D eigenvalue weighted by molar-refractivity contribution is 5.46. The lowest BCUT2D eigenvalue weighted by atomic mass is 9.87. The highest BCUT2D eigenvalue weighted by Crippen LogP contribution is 2.38. The summed E-state index contributed by atoms with van der Waals surface area (Å²) in [5.41, 5.74) is 1.20. The van der Waals surface area contributed by atoms with Gasteiger partial charge in [0.15, 0.2) is 0 Å². The van der Waals surface area contributed by atoms with E-state index in [-0.39, 0.29) is 6.04 Å². The van der Waals surface area contributed by atoms with Crippen LogP contribution in [0.25, 0.3) is 0 Å². The minimum absolute atomic E-state index is 0.195. The molecule has 2 N–H and O–H groups in total. The van der Waals surface area contributed by atoms with E-state index in [4.69, 9.17) is 9.47 Å². The van der Waals surface area contributed by atoms with Crippen molar-refractivity contribution >= 4 is 0 Å². The third kappa shape index (κ3) is 2.61. The first-order valence-electron chi connectivity index (χ1n) is 6.95. The van der Waals surface area contributed by atoms with E-state index in [0.29, 0.717) is 19.6 Å². The number of hydrogen-bond donors (Lipinski definition) is 2. The standard InChI is InChI=1S/C15H21NO3/c1-15(17,9-12-10-18-8-6-16-12)13-4-2-3-11-5-7-19-14(11)13/h2-4,12,16-17H,5-10H2,1H3. The van der Waals surface area contributed by atoms with Crippen molar-refractivity contribution in [3.63, 3.8) is 0 Å². The minimum atomic E-state index is -0.895. The van der Waals surface area contributed by atoms with Crippen LogP contribution >= 0.6 is 0 Å². The summed E-state index contributed by atoms with van der Waals surface area (Å²) >= 11 is 0. The average Bonchev–Trinajstić information content (AvgIpc) is 2.87. The molecule has 0 bridgehead atoms. The quantitative estimate of drug-likeness (QED) is 0.860. The van der Waals surface area contributed by atoms with Gasteiger partial charge >= 0.3 is 0 Å². The number of para-hydroxylation sites is 1. The van der Waals surface area contributed by atoms with Crippen molar-refractivity contribution in [1.82, 2.24) is 5.32 Å². The number of aliphatic hydroxyl groups is 1. The van der Waals surface area contributed by atoms with Crippen LogP contribution in [0, 0.1) is 0 Å². The predicted octanol–water partition coefficient (Wildman–Crippen LogP) is 1.21. The fraction of sp³-hybridized carbons (Fsp3) is 0.600. The van der Waals surface area contributed by atoms with Crippen molar-refractivity contribution in [2.75, 3.05) is 26.4 Å². The van der Waals surface area contributed by atoms with E-state index in [2.05, 4.69) is 11.4 Å². The second-order valence-corrected chi connectivity index (χ2v) is 5.60. The maximum Gasteiger partial charge on any atom is 0.128 e. The fourth-order valence-corrected chi connectivity index (χ4v) is 2.98. The molecule has 4 nitrogen and oxygen atoms in total. The number of benzene rings is 1. The van der Waals surface area contributed by atoms with Crippen LogP contribution in [0.1, 0.15) is 24.5 Å². The van der Waals surface area contributed by atoms with Crippen molar-refractivity contribution < 1.29 is 14.6 Å². The van der Waals surface area contributed by atoms with Gasteiger partial charge in [0.05, 0.1) is 25.4 Å². The first-order valence-corrected chi connectivity index (χ1v) is 6.95. The molecule has 0 radical (unpaired) electrons. The Hall–Kier alpha value is -1.10. The van der Waals surface area contributed by atoms with Crippen molar-refractivity contribution in [2.24, 2.45) is 0 Å². The third-order valence-corrected chi connectivity index (χ3v) is 3.94. The molecule has 1 fully saturated rings. The summed E-state index contributed by atoms with van der Waals surface area (Å²) in [7, 11) is 0. The van der Waals surface area contributed by atoms with Crippen molar-refractivity contribution in [3.8, 4) is 5.75 Å². The van der Waals surface area contributed by atoms with E-state index in [0.717, 1.165) is 30.9 Å². The zero-order chi connectivity index (χ0) is 13.3. The molecule has 1 saturated heterocycles. The molecule has 2 unspecified atom stereocenters. The molecule has 0 saturated carbocycles. The summed E-state index contributed by atoms with van der Waals surface area (Å²) in [4.78, 5) is 0. The van der Waals surface area contributed by atoms with Gasteiger partial charge in [0.1, 0.15) is 5.75 Å². The van der Waals surface area contributed by atoms with Crippen LogP contribution in [-0.2, 0) is 16.8 Å². The Kier molecular flexibility index (Phi) is 3.48. The molecule has 2 aliphatic rings. The number of rotatable bonds is 3. The fourth-order valence-electron chi connectivity index (χ4n) is 2.98. The Balaban J connectivity index is 1.81. The lowest BCUT2D eigenvalue weighted by molar-refractivity contribution is 0.00188. The molecule has 1 aromatic carbocycles. The summed E-state index contributed by atoms with van der Waals surface area (Å²) in [5, 5.41) is 14.2. The molecule has 0 aromatic heterocycles. The van der Waals surface area contributed by atoms with Crippen LogP contribution in [0.2, 0.25) is 0 Å². The van der Waals surface area contributed by atoms with Crippen LogP contribution in [0.15, 0.2) is 18.2 Å². The van der Waals surface area contributed by atoms with E-state index >= 15 is 0 Å². The van der Waals surface area contributed by atoms with Gasteiger partial charge in [-0.25, -0.2) is 0 Å². The Morgan fingerprint density at radius 1 is 1.42 bits per heavy atom. The zero-order valence-corrected chi connectivity index (χ0v) is 11.3. The van der Waals surface area contributed by atoms with Crippen molar-refractivity contribution in [2.45, 2.75) is 31.4 Å². The Morgan fingerprint density at radius 2 is 2.32 bits per heavy atom. The van der Waals surface area contributed by atoms with E-state index in [9.17, 15) is 5.11 Å². The molecular weight excluding hydrogens is 242 g/mol. The molecule has 2 heterocycles.